The van der Waals surface area contributed by atoms with Crippen molar-refractivity contribution in [2.24, 2.45) is 0 Å². The molecule has 0 saturated carbocycles. The van der Waals surface area contributed by atoms with Gasteiger partial charge in [0.05, 0.1) is 16.6 Å². The van der Waals surface area contributed by atoms with Gasteiger partial charge in [-0.1, -0.05) is 84.9 Å². The average molecular weight is 487 g/mol. The topological polar surface area (TPSA) is 35.6 Å². The van der Waals surface area contributed by atoms with Crippen molar-refractivity contribution in [2.45, 2.75) is 0 Å². The Labute approximate surface area is 219 Å². The largest absolute Gasteiger partial charge is 0.317 e. The molecule has 178 valence electrons. The number of fused-ring (bicyclic) bond motifs is 7. The van der Waals surface area contributed by atoms with Gasteiger partial charge in [-0.05, 0) is 41.3 Å². The van der Waals surface area contributed by atoms with Gasteiger partial charge < -0.3 is 4.57 Å². The number of rotatable bonds is 3. The summed E-state index contributed by atoms with van der Waals surface area (Å²) >= 11 is 0. The molecule has 4 nitrogen and oxygen atoms in total. The lowest BCUT2D eigenvalue weighted by molar-refractivity contribution is 0.992. The molecule has 0 fully saturated rings. The third-order valence-electron chi connectivity index (χ3n) is 7.48. The molecule has 0 aliphatic heterocycles. The second-order valence-electron chi connectivity index (χ2n) is 9.57. The molecular formula is C34H22N4. The second kappa shape index (κ2) is 8.15. The molecule has 5 aromatic carbocycles. The minimum Gasteiger partial charge on any atom is -0.317 e. The lowest BCUT2D eigenvalue weighted by Crippen LogP contribution is -2.01. The van der Waals surface area contributed by atoms with Crippen LogP contribution >= 0.6 is 0 Å². The average Bonchev–Trinajstić information content (AvgIpc) is 3.58. The van der Waals surface area contributed by atoms with Gasteiger partial charge in [0, 0.05) is 51.4 Å². The summed E-state index contributed by atoms with van der Waals surface area (Å²) in [7, 11) is 0. The summed E-state index contributed by atoms with van der Waals surface area (Å²) in [5.41, 5.74) is 6.69. The van der Waals surface area contributed by atoms with Crippen LogP contribution in [0.1, 0.15) is 0 Å². The highest BCUT2D eigenvalue weighted by molar-refractivity contribution is 6.22. The van der Waals surface area contributed by atoms with E-state index in [0.29, 0.717) is 5.95 Å². The first kappa shape index (κ1) is 20.9. The minimum atomic E-state index is 0.672. The summed E-state index contributed by atoms with van der Waals surface area (Å²) < 4.78 is 4.46. The van der Waals surface area contributed by atoms with Crippen LogP contribution in [0.4, 0.5) is 0 Å². The van der Waals surface area contributed by atoms with Crippen molar-refractivity contribution in [3.8, 4) is 22.8 Å². The van der Waals surface area contributed by atoms with Crippen molar-refractivity contribution in [2.75, 3.05) is 0 Å². The Balaban J connectivity index is 1.40. The Morgan fingerprint density at radius 1 is 0.447 bits per heavy atom. The van der Waals surface area contributed by atoms with Crippen molar-refractivity contribution in [3.05, 3.63) is 134 Å². The van der Waals surface area contributed by atoms with Crippen molar-refractivity contribution < 1.29 is 0 Å². The van der Waals surface area contributed by atoms with E-state index in [2.05, 4.69) is 112 Å². The Bertz CT molecular complexity index is 2100. The van der Waals surface area contributed by atoms with Crippen molar-refractivity contribution in [3.63, 3.8) is 0 Å². The quantitative estimate of drug-likeness (QED) is 0.252. The van der Waals surface area contributed by atoms with Crippen LogP contribution in [-0.2, 0) is 0 Å². The van der Waals surface area contributed by atoms with E-state index < -0.39 is 0 Å². The first-order valence-corrected chi connectivity index (χ1v) is 12.8. The van der Waals surface area contributed by atoms with Gasteiger partial charge in [0.25, 0.3) is 0 Å². The predicted octanol–water partition coefficient (Wildman–Crippen LogP) is 8.34. The Kier molecular flexibility index (Phi) is 4.49. The van der Waals surface area contributed by atoms with E-state index in [4.69, 9.17) is 9.97 Å². The third-order valence-corrected chi connectivity index (χ3v) is 7.48. The molecule has 0 aliphatic carbocycles. The maximum Gasteiger partial charge on any atom is 0.234 e. The fourth-order valence-electron chi connectivity index (χ4n) is 5.73. The van der Waals surface area contributed by atoms with Gasteiger partial charge in [-0.25, -0.2) is 9.97 Å². The van der Waals surface area contributed by atoms with Crippen LogP contribution < -0.4 is 0 Å². The molecule has 8 rings (SSSR count). The van der Waals surface area contributed by atoms with Crippen LogP contribution in [0.3, 0.4) is 0 Å². The molecule has 38 heavy (non-hydrogen) atoms. The van der Waals surface area contributed by atoms with Crippen molar-refractivity contribution >= 4 is 43.5 Å². The maximum absolute atomic E-state index is 4.86. The molecule has 0 radical (unpaired) electrons. The fourth-order valence-corrected chi connectivity index (χ4v) is 5.73. The second-order valence-corrected chi connectivity index (χ2v) is 9.57. The maximum atomic E-state index is 4.86. The molecule has 0 spiro atoms. The van der Waals surface area contributed by atoms with Gasteiger partial charge in [0.2, 0.25) is 5.95 Å². The zero-order valence-electron chi connectivity index (χ0n) is 20.5. The normalized spacial score (nSPS) is 11.7. The van der Waals surface area contributed by atoms with E-state index in [9.17, 15) is 0 Å². The Hall–Kier alpha value is -5.22. The smallest absolute Gasteiger partial charge is 0.234 e. The summed E-state index contributed by atoms with van der Waals surface area (Å²) in [5.74, 6) is 0.672. The van der Waals surface area contributed by atoms with Crippen LogP contribution in [0, 0.1) is 0 Å². The summed E-state index contributed by atoms with van der Waals surface area (Å²) in [5, 5.41) is 6.03. The van der Waals surface area contributed by atoms with Gasteiger partial charge in [-0.2, -0.15) is 0 Å². The van der Waals surface area contributed by atoms with E-state index in [-0.39, 0.29) is 0 Å². The molecule has 0 N–H and O–H groups in total. The number of para-hydroxylation sites is 2. The molecule has 4 heteroatoms. The number of aromatic nitrogens is 4. The van der Waals surface area contributed by atoms with Gasteiger partial charge in [0.15, 0.2) is 0 Å². The SMILES string of the molecule is c1ccc(-c2cnc(-n3c4ccccc4c4ccc5c6ccn(-c7ccccc7)c6ccc5c43)nc2)cc1. The van der Waals surface area contributed by atoms with Gasteiger partial charge in [-0.3, -0.25) is 4.57 Å². The van der Waals surface area contributed by atoms with E-state index in [1.807, 2.05) is 30.6 Å². The van der Waals surface area contributed by atoms with E-state index in [0.717, 1.165) is 27.8 Å². The van der Waals surface area contributed by atoms with Crippen LogP contribution in [0.5, 0.6) is 0 Å². The number of benzene rings is 5. The monoisotopic (exact) mass is 486 g/mol. The highest BCUT2D eigenvalue weighted by Crippen LogP contribution is 2.38. The van der Waals surface area contributed by atoms with Gasteiger partial charge in [-0.15, -0.1) is 0 Å². The molecule has 0 aliphatic rings. The molecule has 0 bridgehead atoms. The van der Waals surface area contributed by atoms with E-state index >= 15 is 0 Å². The van der Waals surface area contributed by atoms with E-state index in [1.165, 1.54) is 32.4 Å². The van der Waals surface area contributed by atoms with Crippen molar-refractivity contribution in [1.29, 1.82) is 0 Å². The van der Waals surface area contributed by atoms with Crippen LogP contribution in [0.15, 0.2) is 134 Å². The standard InChI is InChI=1S/C34H22N4/c1-3-9-23(10-4-1)24-21-35-34(36-22-24)38-32-14-8-7-13-27(32)30-16-15-26-28-19-20-37(25-11-5-2-6-12-25)31(28)18-17-29(26)33(30)38/h1-22H. The zero-order valence-corrected chi connectivity index (χ0v) is 20.5. The van der Waals surface area contributed by atoms with Crippen molar-refractivity contribution in [1.82, 2.24) is 19.1 Å². The third kappa shape index (κ3) is 3.04. The highest BCUT2D eigenvalue weighted by Gasteiger charge is 2.18. The number of hydrogen-bond acceptors (Lipinski definition) is 2. The number of nitrogens with zero attached hydrogens (tertiary/aromatic N) is 4. The van der Waals surface area contributed by atoms with Gasteiger partial charge >= 0.3 is 0 Å². The molecule has 0 unspecified atom stereocenters. The van der Waals surface area contributed by atoms with Crippen LogP contribution in [0.2, 0.25) is 0 Å². The lowest BCUT2D eigenvalue weighted by Gasteiger charge is -2.10. The van der Waals surface area contributed by atoms with Crippen LogP contribution in [0.25, 0.3) is 66.2 Å². The molecule has 0 saturated heterocycles. The Morgan fingerprint density at radius 3 is 1.89 bits per heavy atom. The predicted molar refractivity (Wildman–Crippen MR) is 156 cm³/mol. The summed E-state index contributed by atoms with van der Waals surface area (Å²) in [6.45, 7) is 0. The van der Waals surface area contributed by atoms with Gasteiger partial charge in [0.1, 0.15) is 0 Å². The molecule has 3 aromatic heterocycles. The van der Waals surface area contributed by atoms with E-state index in [1.54, 1.807) is 0 Å². The summed E-state index contributed by atoms with van der Waals surface area (Å²) in [4.78, 5) is 9.72. The molecule has 0 atom stereocenters. The van der Waals surface area contributed by atoms with Crippen LogP contribution in [-0.4, -0.2) is 19.1 Å². The summed E-state index contributed by atoms with van der Waals surface area (Å²) in [6, 6.07) is 40.4. The minimum absolute atomic E-state index is 0.672. The number of hydrogen-bond donors (Lipinski definition) is 0. The molecule has 0 amide bonds. The molecule has 3 heterocycles. The fraction of sp³-hybridized carbons (Fsp3) is 0. The Morgan fingerprint density at radius 2 is 1.08 bits per heavy atom. The highest BCUT2D eigenvalue weighted by atomic mass is 15.1. The molecular weight excluding hydrogens is 464 g/mol. The first-order chi connectivity index (χ1) is 18.9. The first-order valence-electron chi connectivity index (χ1n) is 12.8. The lowest BCUT2D eigenvalue weighted by atomic mass is 10.0. The summed E-state index contributed by atoms with van der Waals surface area (Å²) in [6.07, 6.45) is 5.99. The molecule has 8 aromatic rings. The zero-order chi connectivity index (χ0) is 25.1.